The zero-order valence-electron chi connectivity index (χ0n) is 20.6. The number of methoxy groups -OCH3 is 1. The fraction of sp³-hybridized carbons (Fsp3) is 0.519. The van der Waals surface area contributed by atoms with Crippen LogP contribution in [0.5, 0.6) is 0 Å². The fourth-order valence-electron chi connectivity index (χ4n) is 6.01. The third-order valence-corrected chi connectivity index (χ3v) is 8.06. The summed E-state index contributed by atoms with van der Waals surface area (Å²) in [5, 5.41) is 13.9. The summed E-state index contributed by atoms with van der Waals surface area (Å²) in [6, 6.07) is 7.61. The van der Waals surface area contributed by atoms with Gasteiger partial charge < -0.3 is 4.74 Å². The van der Waals surface area contributed by atoms with Crippen molar-refractivity contribution < 1.29 is 4.74 Å². The molecule has 1 aromatic carbocycles. The van der Waals surface area contributed by atoms with Crippen LogP contribution in [0.25, 0.3) is 27.7 Å². The van der Waals surface area contributed by atoms with Gasteiger partial charge in [0.15, 0.2) is 5.65 Å². The molecule has 1 saturated carbocycles. The molecule has 2 fully saturated rings. The van der Waals surface area contributed by atoms with Crippen LogP contribution >= 0.6 is 0 Å². The zero-order valence-corrected chi connectivity index (χ0v) is 20.6. The summed E-state index contributed by atoms with van der Waals surface area (Å²) >= 11 is 0. The monoisotopic (exact) mass is 458 g/mol. The third-order valence-electron chi connectivity index (χ3n) is 8.06. The molecule has 0 spiro atoms. The van der Waals surface area contributed by atoms with Gasteiger partial charge in [0.05, 0.1) is 17.3 Å². The number of pyridine rings is 1. The van der Waals surface area contributed by atoms with Crippen molar-refractivity contribution in [3.05, 3.63) is 47.5 Å². The number of benzene rings is 1. The van der Waals surface area contributed by atoms with Gasteiger partial charge >= 0.3 is 0 Å². The van der Waals surface area contributed by atoms with Gasteiger partial charge in [-0.2, -0.15) is 10.2 Å². The molecule has 7 nitrogen and oxygen atoms in total. The average Bonchev–Trinajstić information content (AvgIpc) is 3.45. The lowest BCUT2D eigenvalue weighted by Crippen LogP contribution is -2.56. The van der Waals surface area contributed by atoms with E-state index in [1.807, 2.05) is 11.6 Å². The van der Waals surface area contributed by atoms with E-state index >= 15 is 0 Å². The van der Waals surface area contributed by atoms with Crippen LogP contribution in [0.3, 0.4) is 0 Å². The summed E-state index contributed by atoms with van der Waals surface area (Å²) in [6.45, 7) is 8.84. The summed E-state index contributed by atoms with van der Waals surface area (Å²) in [5.74, 6) is 0.939. The minimum Gasteiger partial charge on any atom is -0.379 e. The molecule has 7 heteroatoms. The van der Waals surface area contributed by atoms with Crippen LogP contribution < -0.4 is 0 Å². The van der Waals surface area contributed by atoms with Crippen molar-refractivity contribution in [2.75, 3.05) is 20.2 Å². The van der Waals surface area contributed by atoms with Crippen molar-refractivity contribution >= 4 is 16.6 Å². The van der Waals surface area contributed by atoms with Crippen LogP contribution in [0.1, 0.15) is 68.2 Å². The Bertz CT molecular complexity index is 1320. The molecule has 4 aromatic rings. The number of ether oxygens (including phenoxy) is 1. The van der Waals surface area contributed by atoms with Crippen molar-refractivity contribution in [2.45, 2.75) is 70.4 Å². The topological polar surface area (TPSA) is 71.3 Å². The van der Waals surface area contributed by atoms with Crippen molar-refractivity contribution in [1.29, 1.82) is 0 Å². The van der Waals surface area contributed by atoms with Gasteiger partial charge in [-0.15, -0.1) is 0 Å². The van der Waals surface area contributed by atoms with E-state index in [2.05, 4.69) is 65.2 Å². The van der Waals surface area contributed by atoms with Crippen molar-refractivity contribution in [2.24, 2.45) is 0 Å². The molecule has 34 heavy (non-hydrogen) atoms. The molecule has 1 saturated heterocycles. The molecule has 0 unspecified atom stereocenters. The van der Waals surface area contributed by atoms with Crippen molar-refractivity contribution in [1.82, 2.24) is 29.7 Å². The number of hydrogen-bond donors (Lipinski definition) is 1. The first-order chi connectivity index (χ1) is 16.5. The highest BCUT2D eigenvalue weighted by Crippen LogP contribution is 2.40. The maximum absolute atomic E-state index is 5.47. The second-order valence-corrected chi connectivity index (χ2v) is 10.5. The smallest absolute Gasteiger partial charge is 0.158 e. The predicted molar refractivity (Wildman–Crippen MR) is 134 cm³/mol. The van der Waals surface area contributed by atoms with E-state index in [9.17, 15) is 0 Å². The van der Waals surface area contributed by atoms with Gasteiger partial charge in [-0.1, -0.05) is 13.8 Å². The maximum atomic E-state index is 5.47. The van der Waals surface area contributed by atoms with Gasteiger partial charge in [-0.05, 0) is 73.4 Å². The van der Waals surface area contributed by atoms with Gasteiger partial charge in [0, 0.05) is 49.3 Å². The summed E-state index contributed by atoms with van der Waals surface area (Å²) in [6.07, 6.45) is 9.06. The number of likely N-dealkylation sites (tertiary alicyclic amines) is 1. The van der Waals surface area contributed by atoms with E-state index in [1.54, 1.807) is 6.33 Å². The van der Waals surface area contributed by atoms with Crippen LogP contribution in [-0.4, -0.2) is 62.0 Å². The minimum atomic E-state index is 0.407. The fourth-order valence-corrected chi connectivity index (χ4v) is 6.01. The van der Waals surface area contributed by atoms with Gasteiger partial charge in [0.2, 0.25) is 0 Å². The number of hydrogen-bond acceptors (Lipinski definition) is 5. The highest BCUT2D eigenvalue weighted by Gasteiger charge is 2.35. The van der Waals surface area contributed by atoms with E-state index in [0.29, 0.717) is 24.0 Å². The molecular formula is C27H34N6O. The van der Waals surface area contributed by atoms with Crippen molar-refractivity contribution in [3.63, 3.8) is 0 Å². The van der Waals surface area contributed by atoms with E-state index in [1.165, 1.54) is 53.5 Å². The zero-order chi connectivity index (χ0) is 23.4. The molecule has 0 atom stereocenters. The average molecular weight is 459 g/mol. The van der Waals surface area contributed by atoms with Gasteiger partial charge in [-0.3, -0.25) is 10.00 Å². The molecule has 0 amide bonds. The second-order valence-electron chi connectivity index (χ2n) is 10.5. The van der Waals surface area contributed by atoms with E-state index in [4.69, 9.17) is 9.84 Å². The SMILES string of the molecule is COC1CN(C2CCC(c3n[nH]c4cc(-c5cc(C)c6ncnn6c5)c(C(C)C)cc34)CC2)C1. The molecule has 1 aliphatic heterocycles. The number of aromatic amines is 1. The highest BCUT2D eigenvalue weighted by molar-refractivity contribution is 5.89. The third kappa shape index (κ3) is 3.62. The van der Waals surface area contributed by atoms with Crippen LogP contribution in [-0.2, 0) is 4.74 Å². The number of nitrogens with zero attached hydrogens (tertiary/aromatic N) is 5. The Morgan fingerprint density at radius 3 is 2.62 bits per heavy atom. The Morgan fingerprint density at radius 2 is 1.88 bits per heavy atom. The minimum absolute atomic E-state index is 0.407. The van der Waals surface area contributed by atoms with Gasteiger partial charge in [-0.25, -0.2) is 9.50 Å². The molecule has 3 aromatic heterocycles. The number of rotatable bonds is 5. The molecule has 1 N–H and O–H groups in total. The Morgan fingerprint density at radius 1 is 1.09 bits per heavy atom. The first-order valence-electron chi connectivity index (χ1n) is 12.6. The summed E-state index contributed by atoms with van der Waals surface area (Å²) in [7, 11) is 1.83. The standard InChI is InChI=1S/C27H34N6O/c1-16(2)22-10-24-25(11-23(22)19-9-17(3)27-28-15-29-33(27)12-19)30-31-26(24)18-5-7-20(8-6-18)32-13-21(14-32)34-4/h9-12,15-16,18,20-21H,5-8,13-14H2,1-4H3,(H,30,31). The van der Waals surface area contributed by atoms with Crippen molar-refractivity contribution in [3.8, 4) is 11.1 Å². The molecule has 4 heterocycles. The van der Waals surface area contributed by atoms with E-state index in [0.717, 1.165) is 29.8 Å². The Balaban J connectivity index is 1.30. The maximum Gasteiger partial charge on any atom is 0.158 e. The molecule has 2 aliphatic rings. The number of fused-ring (bicyclic) bond motifs is 2. The summed E-state index contributed by atoms with van der Waals surface area (Å²) in [5.41, 5.74) is 8.18. The Hall–Kier alpha value is -2.77. The molecule has 0 radical (unpaired) electrons. The molecular weight excluding hydrogens is 424 g/mol. The lowest BCUT2D eigenvalue weighted by atomic mass is 9.81. The normalized spacial score (nSPS) is 22.1. The Labute approximate surface area is 200 Å². The van der Waals surface area contributed by atoms with Crippen LogP contribution in [0, 0.1) is 6.92 Å². The second kappa shape index (κ2) is 8.47. The number of H-pyrrole nitrogens is 1. The molecule has 1 aliphatic carbocycles. The first-order valence-corrected chi connectivity index (χ1v) is 12.6. The predicted octanol–water partition coefficient (Wildman–Crippen LogP) is 5.06. The quantitative estimate of drug-likeness (QED) is 0.453. The van der Waals surface area contributed by atoms with Gasteiger partial charge in [0.25, 0.3) is 0 Å². The summed E-state index contributed by atoms with van der Waals surface area (Å²) in [4.78, 5) is 6.98. The molecule has 0 bridgehead atoms. The van der Waals surface area contributed by atoms with Crippen LogP contribution in [0.4, 0.5) is 0 Å². The molecule has 6 rings (SSSR count). The lowest BCUT2D eigenvalue weighted by molar-refractivity contribution is -0.0579. The van der Waals surface area contributed by atoms with Crippen LogP contribution in [0.2, 0.25) is 0 Å². The van der Waals surface area contributed by atoms with Gasteiger partial charge in [0.1, 0.15) is 6.33 Å². The van der Waals surface area contributed by atoms with E-state index < -0.39 is 0 Å². The lowest BCUT2D eigenvalue weighted by Gasteiger charge is -2.45. The number of aryl methyl sites for hydroxylation is 1. The summed E-state index contributed by atoms with van der Waals surface area (Å²) < 4.78 is 7.34. The Kier molecular flexibility index (Phi) is 5.41. The number of nitrogens with one attached hydrogen (secondary N) is 1. The highest BCUT2D eigenvalue weighted by atomic mass is 16.5. The largest absolute Gasteiger partial charge is 0.379 e. The number of aromatic nitrogens is 5. The molecule has 178 valence electrons. The van der Waals surface area contributed by atoms with Crippen LogP contribution in [0.15, 0.2) is 30.7 Å². The first kappa shape index (κ1) is 21.7. The van der Waals surface area contributed by atoms with E-state index in [-0.39, 0.29) is 0 Å².